The average molecular weight is 390 g/mol. The first-order valence-corrected chi connectivity index (χ1v) is 9.89. The Morgan fingerprint density at radius 2 is 1.54 bits per heavy atom. The third-order valence-electron chi connectivity index (χ3n) is 4.25. The Morgan fingerprint density at radius 1 is 0.857 bits per heavy atom. The van der Waals surface area contributed by atoms with E-state index < -0.39 is 0 Å². The molecule has 0 aliphatic heterocycles. The first-order valence-electron chi connectivity index (χ1n) is 9.01. The van der Waals surface area contributed by atoms with Gasteiger partial charge in [-0.3, -0.25) is 0 Å². The molecule has 5 heteroatoms. The maximum Gasteiger partial charge on any atom is 0.190 e. The van der Waals surface area contributed by atoms with Gasteiger partial charge in [-0.2, -0.15) is 0 Å². The molecule has 3 aromatic carbocycles. The van der Waals surface area contributed by atoms with Crippen molar-refractivity contribution in [2.24, 2.45) is 4.99 Å². The highest BCUT2D eigenvalue weighted by Crippen LogP contribution is 2.21. The summed E-state index contributed by atoms with van der Waals surface area (Å²) < 4.78 is 21.2. The zero-order valence-corrected chi connectivity index (χ0v) is 16.0. The number of hydrogen-bond acceptors (Lipinski definition) is 3. The Labute approximate surface area is 167 Å². The second-order valence-electron chi connectivity index (χ2n) is 6.17. The molecule has 4 aromatic rings. The van der Waals surface area contributed by atoms with Gasteiger partial charge < -0.3 is 9.30 Å². The predicted molar refractivity (Wildman–Crippen MR) is 111 cm³/mol. The highest BCUT2D eigenvalue weighted by molar-refractivity contribution is 7.07. The van der Waals surface area contributed by atoms with Crippen molar-refractivity contribution in [1.29, 1.82) is 0 Å². The molecule has 0 saturated heterocycles. The lowest BCUT2D eigenvalue weighted by molar-refractivity contribution is 0.297. The number of nitrogens with zero attached hydrogens (tertiary/aromatic N) is 2. The van der Waals surface area contributed by atoms with Gasteiger partial charge in [0.25, 0.3) is 0 Å². The van der Waals surface area contributed by atoms with Gasteiger partial charge in [0.1, 0.15) is 18.2 Å². The second-order valence-corrected chi connectivity index (χ2v) is 7.01. The number of thiazole rings is 1. The summed E-state index contributed by atoms with van der Waals surface area (Å²) in [5, 5.41) is 2.10. The van der Waals surface area contributed by atoms with Crippen molar-refractivity contribution in [2.75, 3.05) is 6.61 Å². The Bertz CT molecular complexity index is 1090. The van der Waals surface area contributed by atoms with Crippen LogP contribution in [0.25, 0.3) is 11.3 Å². The van der Waals surface area contributed by atoms with Gasteiger partial charge in [0.05, 0.1) is 17.9 Å². The highest BCUT2D eigenvalue weighted by atomic mass is 32.1. The van der Waals surface area contributed by atoms with E-state index in [4.69, 9.17) is 9.73 Å². The van der Waals surface area contributed by atoms with Gasteiger partial charge in [-0.05, 0) is 42.0 Å². The molecule has 0 spiro atoms. The Morgan fingerprint density at radius 3 is 2.25 bits per heavy atom. The predicted octanol–water partition coefficient (Wildman–Crippen LogP) is 5.67. The minimum absolute atomic E-state index is 0.265. The van der Waals surface area contributed by atoms with Crippen LogP contribution in [-0.2, 0) is 6.54 Å². The van der Waals surface area contributed by atoms with Gasteiger partial charge in [-0.15, -0.1) is 11.3 Å². The minimum Gasteiger partial charge on any atom is -0.492 e. The van der Waals surface area contributed by atoms with E-state index in [0.717, 1.165) is 27.5 Å². The topological polar surface area (TPSA) is 26.5 Å². The maximum atomic E-state index is 13.2. The van der Waals surface area contributed by atoms with Gasteiger partial charge in [-0.25, -0.2) is 9.38 Å². The zero-order chi connectivity index (χ0) is 19.2. The number of para-hydroxylation sites is 1. The molecular weight excluding hydrogens is 371 g/mol. The highest BCUT2D eigenvalue weighted by Gasteiger charge is 2.08. The van der Waals surface area contributed by atoms with Crippen LogP contribution in [0.5, 0.6) is 5.75 Å². The SMILES string of the molecule is Fc1ccc(N=c2scc(-c3ccccc3)n2CCOc2ccccc2)cc1. The van der Waals surface area contributed by atoms with Crippen molar-refractivity contribution in [1.82, 2.24) is 4.57 Å². The summed E-state index contributed by atoms with van der Waals surface area (Å²) in [5.41, 5.74) is 2.93. The van der Waals surface area contributed by atoms with Gasteiger partial charge in [0.2, 0.25) is 0 Å². The Balaban J connectivity index is 1.66. The summed E-state index contributed by atoms with van der Waals surface area (Å²) in [7, 11) is 0. The molecule has 0 N–H and O–H groups in total. The summed E-state index contributed by atoms with van der Waals surface area (Å²) in [6.07, 6.45) is 0. The summed E-state index contributed by atoms with van der Waals surface area (Å²) in [5.74, 6) is 0.579. The molecule has 0 fully saturated rings. The normalized spacial score (nSPS) is 11.5. The van der Waals surface area contributed by atoms with E-state index in [1.165, 1.54) is 12.1 Å². The van der Waals surface area contributed by atoms with E-state index in [1.54, 1.807) is 23.5 Å². The molecule has 0 saturated carbocycles. The van der Waals surface area contributed by atoms with E-state index >= 15 is 0 Å². The molecule has 0 aliphatic carbocycles. The fourth-order valence-corrected chi connectivity index (χ4v) is 3.83. The van der Waals surface area contributed by atoms with Gasteiger partial charge in [0.15, 0.2) is 4.80 Å². The summed E-state index contributed by atoms with van der Waals surface area (Å²) in [6.45, 7) is 1.18. The van der Waals surface area contributed by atoms with Crippen LogP contribution in [0.3, 0.4) is 0 Å². The lowest BCUT2D eigenvalue weighted by Crippen LogP contribution is -2.20. The lowest BCUT2D eigenvalue weighted by atomic mass is 10.2. The molecule has 0 amide bonds. The molecule has 28 heavy (non-hydrogen) atoms. The number of hydrogen-bond donors (Lipinski definition) is 0. The van der Waals surface area contributed by atoms with Crippen molar-refractivity contribution in [3.8, 4) is 17.0 Å². The molecule has 1 aromatic heterocycles. The first kappa shape index (κ1) is 18.2. The van der Waals surface area contributed by atoms with E-state index in [-0.39, 0.29) is 5.82 Å². The number of aromatic nitrogens is 1. The van der Waals surface area contributed by atoms with Crippen LogP contribution in [-0.4, -0.2) is 11.2 Å². The van der Waals surface area contributed by atoms with Crippen LogP contribution >= 0.6 is 11.3 Å². The standard InChI is InChI=1S/C23H19FN2OS/c24-19-11-13-20(14-12-19)25-23-26(15-16-27-21-9-5-2-6-10-21)22(17-28-23)18-7-3-1-4-8-18/h1-14,17H,15-16H2. The third-order valence-corrected chi connectivity index (χ3v) is 5.11. The minimum atomic E-state index is -0.265. The molecule has 0 unspecified atom stereocenters. The van der Waals surface area contributed by atoms with Crippen molar-refractivity contribution in [3.05, 3.63) is 101 Å². The maximum absolute atomic E-state index is 13.2. The molecule has 4 rings (SSSR count). The van der Waals surface area contributed by atoms with Crippen molar-refractivity contribution < 1.29 is 9.13 Å². The smallest absolute Gasteiger partial charge is 0.190 e. The Hall–Kier alpha value is -3.18. The van der Waals surface area contributed by atoms with Gasteiger partial charge in [-0.1, -0.05) is 48.5 Å². The van der Waals surface area contributed by atoms with Crippen molar-refractivity contribution >= 4 is 17.0 Å². The monoisotopic (exact) mass is 390 g/mol. The first-order chi connectivity index (χ1) is 13.8. The second kappa shape index (κ2) is 8.67. The third kappa shape index (κ3) is 4.38. The average Bonchev–Trinajstić information content (AvgIpc) is 3.13. The van der Waals surface area contributed by atoms with Gasteiger partial charge >= 0.3 is 0 Å². The summed E-state index contributed by atoms with van der Waals surface area (Å²) in [4.78, 5) is 5.56. The molecular formula is C23H19FN2OS. The number of halogens is 1. The molecule has 0 aliphatic rings. The van der Waals surface area contributed by atoms with Crippen LogP contribution in [0.4, 0.5) is 10.1 Å². The summed E-state index contributed by atoms with van der Waals surface area (Å²) >= 11 is 1.56. The van der Waals surface area contributed by atoms with E-state index in [2.05, 4.69) is 22.1 Å². The van der Waals surface area contributed by atoms with E-state index in [9.17, 15) is 4.39 Å². The molecule has 140 valence electrons. The molecule has 0 atom stereocenters. The van der Waals surface area contributed by atoms with Crippen LogP contribution in [0.2, 0.25) is 0 Å². The van der Waals surface area contributed by atoms with Crippen molar-refractivity contribution in [3.63, 3.8) is 0 Å². The largest absolute Gasteiger partial charge is 0.492 e. The number of benzene rings is 3. The fourth-order valence-electron chi connectivity index (χ4n) is 2.87. The lowest BCUT2D eigenvalue weighted by Gasteiger charge is -2.11. The number of ether oxygens (including phenoxy) is 1. The number of rotatable bonds is 6. The Kier molecular flexibility index (Phi) is 5.64. The molecule has 1 heterocycles. The zero-order valence-electron chi connectivity index (χ0n) is 15.2. The van der Waals surface area contributed by atoms with E-state index in [1.807, 2.05) is 48.5 Å². The fraction of sp³-hybridized carbons (Fsp3) is 0.0870. The van der Waals surface area contributed by atoms with Gasteiger partial charge in [0, 0.05) is 5.38 Å². The summed E-state index contributed by atoms with van der Waals surface area (Å²) in [6, 6.07) is 26.2. The van der Waals surface area contributed by atoms with Crippen LogP contribution in [0, 0.1) is 5.82 Å². The van der Waals surface area contributed by atoms with E-state index in [0.29, 0.717) is 13.2 Å². The van der Waals surface area contributed by atoms with Crippen molar-refractivity contribution in [2.45, 2.75) is 6.54 Å². The molecule has 0 bridgehead atoms. The molecule has 3 nitrogen and oxygen atoms in total. The quantitative estimate of drug-likeness (QED) is 0.417. The van der Waals surface area contributed by atoms with Crippen LogP contribution in [0.1, 0.15) is 0 Å². The molecule has 0 radical (unpaired) electrons. The van der Waals surface area contributed by atoms with Crippen LogP contribution < -0.4 is 9.54 Å². The van der Waals surface area contributed by atoms with Crippen LogP contribution in [0.15, 0.2) is 95.3 Å².